The summed E-state index contributed by atoms with van der Waals surface area (Å²) in [7, 11) is 0. The van der Waals surface area contributed by atoms with Gasteiger partial charge in [-0.15, -0.1) is 0 Å². The summed E-state index contributed by atoms with van der Waals surface area (Å²) in [6.45, 7) is 3.68. The van der Waals surface area contributed by atoms with Crippen molar-refractivity contribution in [3.05, 3.63) is 71.2 Å². The fourth-order valence-electron chi connectivity index (χ4n) is 3.83. The van der Waals surface area contributed by atoms with Crippen molar-refractivity contribution >= 4 is 11.7 Å². The van der Waals surface area contributed by atoms with Crippen LogP contribution in [0.15, 0.2) is 48.7 Å². The molecule has 0 radical (unpaired) electrons. The summed E-state index contributed by atoms with van der Waals surface area (Å²) in [5.74, 6) is -1.95. The van der Waals surface area contributed by atoms with E-state index in [-0.39, 0.29) is 17.6 Å². The number of alkyl halides is 3. The topological polar surface area (TPSA) is 103 Å². The first-order chi connectivity index (χ1) is 17.7. The van der Waals surface area contributed by atoms with Crippen molar-refractivity contribution in [3.8, 4) is 17.1 Å². The largest absolute Gasteiger partial charge is 0.470 e. The minimum absolute atomic E-state index is 0.134. The van der Waals surface area contributed by atoms with Crippen LogP contribution in [0.3, 0.4) is 0 Å². The predicted octanol–water partition coefficient (Wildman–Crippen LogP) is 3.52. The smallest absolute Gasteiger partial charge is 0.419 e. The monoisotopic (exact) mass is 519 g/mol. The Hall–Kier alpha value is -3.77. The van der Waals surface area contributed by atoms with Gasteiger partial charge in [-0.2, -0.15) is 13.2 Å². The maximum Gasteiger partial charge on any atom is 0.419 e. The van der Waals surface area contributed by atoms with Crippen molar-refractivity contribution in [1.82, 2.24) is 20.2 Å². The molecule has 0 atom stereocenters. The molecule has 1 aliphatic heterocycles. The van der Waals surface area contributed by atoms with Crippen LogP contribution in [-0.2, 0) is 17.5 Å². The van der Waals surface area contributed by atoms with Gasteiger partial charge in [0.1, 0.15) is 12.4 Å². The Morgan fingerprint density at radius 1 is 1.14 bits per heavy atom. The summed E-state index contributed by atoms with van der Waals surface area (Å²) in [6.07, 6.45) is -3.51. The molecule has 0 spiro atoms. The second kappa shape index (κ2) is 11.5. The Morgan fingerprint density at radius 3 is 2.57 bits per heavy atom. The van der Waals surface area contributed by atoms with Crippen LogP contribution in [0.1, 0.15) is 21.5 Å². The number of morpholine rings is 1. The van der Waals surface area contributed by atoms with E-state index < -0.39 is 29.7 Å². The van der Waals surface area contributed by atoms with Gasteiger partial charge >= 0.3 is 6.18 Å². The van der Waals surface area contributed by atoms with E-state index in [1.807, 2.05) is 0 Å². The minimum Gasteiger partial charge on any atom is -0.470 e. The van der Waals surface area contributed by atoms with Crippen molar-refractivity contribution in [2.24, 2.45) is 0 Å². The highest BCUT2D eigenvalue weighted by molar-refractivity contribution is 5.94. The summed E-state index contributed by atoms with van der Waals surface area (Å²) >= 11 is 0. The molecule has 1 aromatic heterocycles. The number of ether oxygens (including phenoxy) is 2. The average molecular weight is 519 g/mol. The number of benzene rings is 2. The van der Waals surface area contributed by atoms with Gasteiger partial charge in [0.05, 0.1) is 30.7 Å². The molecule has 37 heavy (non-hydrogen) atoms. The van der Waals surface area contributed by atoms with Crippen LogP contribution in [0, 0.1) is 5.82 Å². The maximum absolute atomic E-state index is 13.8. The number of aromatic nitrogens is 2. The molecule has 1 saturated heterocycles. The van der Waals surface area contributed by atoms with E-state index in [0.29, 0.717) is 36.6 Å². The number of amides is 1. The Bertz CT molecular complexity index is 1230. The molecule has 8 nitrogen and oxygen atoms in total. The van der Waals surface area contributed by atoms with Crippen molar-refractivity contribution in [1.29, 1.82) is 0 Å². The van der Waals surface area contributed by atoms with E-state index in [9.17, 15) is 22.4 Å². The van der Waals surface area contributed by atoms with E-state index >= 15 is 0 Å². The summed E-state index contributed by atoms with van der Waals surface area (Å²) in [6, 6.07) is 9.58. The Labute approximate surface area is 210 Å². The summed E-state index contributed by atoms with van der Waals surface area (Å²) in [4.78, 5) is 22.9. The molecule has 1 aliphatic rings. The number of nitrogens with zero attached hydrogens (tertiary/aromatic N) is 3. The van der Waals surface area contributed by atoms with Crippen LogP contribution in [0.2, 0.25) is 0 Å². The van der Waals surface area contributed by atoms with Crippen LogP contribution in [0.4, 0.5) is 23.4 Å². The van der Waals surface area contributed by atoms with E-state index in [4.69, 9.17) is 15.2 Å². The number of rotatable bonds is 8. The van der Waals surface area contributed by atoms with Crippen LogP contribution in [-0.4, -0.2) is 60.2 Å². The van der Waals surface area contributed by atoms with Gasteiger partial charge in [0.25, 0.3) is 11.8 Å². The molecule has 0 aliphatic carbocycles. The molecule has 4 rings (SSSR count). The molecule has 3 aromatic rings. The van der Waals surface area contributed by atoms with Crippen molar-refractivity contribution in [2.45, 2.75) is 12.8 Å². The zero-order chi connectivity index (χ0) is 26.4. The number of nitrogens with two attached hydrogens (primary N) is 1. The first kappa shape index (κ1) is 26.3. The standard InChI is InChI=1S/C25H25F4N5O3/c26-19-3-1-2-18(21(19)25(27,28)29)15-37-24-22(30)32-14-20(33-24)16-4-6-17(7-5-16)23(35)31-8-9-34-10-12-36-13-11-34/h1-7,14H,8-13,15H2,(H2,30,32)(H,31,35). The minimum atomic E-state index is -4.89. The number of halogens is 4. The highest BCUT2D eigenvalue weighted by atomic mass is 19.4. The molecule has 12 heteroatoms. The van der Waals surface area contributed by atoms with E-state index in [0.717, 1.165) is 37.8 Å². The van der Waals surface area contributed by atoms with Gasteiger partial charge < -0.3 is 20.5 Å². The second-order valence-electron chi connectivity index (χ2n) is 8.29. The van der Waals surface area contributed by atoms with Gasteiger partial charge in [0, 0.05) is 42.9 Å². The number of nitrogen functional groups attached to an aromatic ring is 1. The number of anilines is 1. The molecule has 0 bridgehead atoms. The van der Waals surface area contributed by atoms with Crippen LogP contribution >= 0.6 is 0 Å². The van der Waals surface area contributed by atoms with Gasteiger partial charge in [-0.3, -0.25) is 9.69 Å². The lowest BCUT2D eigenvalue weighted by Gasteiger charge is -2.26. The van der Waals surface area contributed by atoms with E-state index in [1.54, 1.807) is 24.3 Å². The normalized spacial score (nSPS) is 14.4. The maximum atomic E-state index is 13.8. The third-order valence-electron chi connectivity index (χ3n) is 5.77. The first-order valence-electron chi connectivity index (χ1n) is 11.5. The molecule has 0 unspecified atom stereocenters. The molecule has 2 aromatic carbocycles. The number of hydrogen-bond donors (Lipinski definition) is 2. The number of nitrogens with one attached hydrogen (secondary N) is 1. The SMILES string of the molecule is Nc1ncc(-c2ccc(C(=O)NCCN3CCOCC3)cc2)nc1OCc1cccc(F)c1C(F)(F)F. The fraction of sp³-hybridized carbons (Fsp3) is 0.320. The summed E-state index contributed by atoms with van der Waals surface area (Å²) in [5, 5.41) is 2.88. The third-order valence-corrected chi connectivity index (χ3v) is 5.77. The molecule has 2 heterocycles. The van der Waals surface area contributed by atoms with Crippen LogP contribution in [0.5, 0.6) is 5.88 Å². The molecule has 196 valence electrons. The van der Waals surface area contributed by atoms with E-state index in [2.05, 4.69) is 20.2 Å². The quantitative estimate of drug-likeness (QED) is 0.439. The molecule has 1 amide bonds. The summed E-state index contributed by atoms with van der Waals surface area (Å²) in [5.41, 5.74) is 5.36. The lowest BCUT2D eigenvalue weighted by molar-refractivity contribution is -0.141. The molecule has 3 N–H and O–H groups in total. The Kier molecular flexibility index (Phi) is 8.19. The third kappa shape index (κ3) is 6.71. The number of carbonyl (C=O) groups excluding carboxylic acids is 1. The molecule has 1 fully saturated rings. The van der Waals surface area contributed by atoms with Crippen molar-refractivity contribution < 1.29 is 31.8 Å². The Balaban J connectivity index is 1.40. The van der Waals surface area contributed by atoms with Crippen molar-refractivity contribution in [2.75, 3.05) is 45.1 Å². The van der Waals surface area contributed by atoms with Gasteiger partial charge in [0.15, 0.2) is 5.82 Å². The zero-order valence-corrected chi connectivity index (χ0v) is 19.7. The van der Waals surface area contributed by atoms with Gasteiger partial charge in [-0.25, -0.2) is 14.4 Å². The first-order valence-corrected chi connectivity index (χ1v) is 11.5. The van der Waals surface area contributed by atoms with Gasteiger partial charge in [0.2, 0.25) is 0 Å². The Morgan fingerprint density at radius 2 is 1.86 bits per heavy atom. The highest BCUT2D eigenvalue weighted by Gasteiger charge is 2.36. The molecular formula is C25H25F4N5O3. The lowest BCUT2D eigenvalue weighted by atomic mass is 10.1. The second-order valence-corrected chi connectivity index (χ2v) is 8.29. The number of carbonyl (C=O) groups is 1. The van der Waals surface area contributed by atoms with E-state index in [1.165, 1.54) is 6.20 Å². The van der Waals surface area contributed by atoms with Gasteiger partial charge in [-0.05, 0) is 18.2 Å². The van der Waals surface area contributed by atoms with Gasteiger partial charge in [-0.1, -0.05) is 24.3 Å². The highest BCUT2D eigenvalue weighted by Crippen LogP contribution is 2.34. The molecule has 0 saturated carbocycles. The van der Waals surface area contributed by atoms with Crippen LogP contribution in [0.25, 0.3) is 11.3 Å². The predicted molar refractivity (Wildman–Crippen MR) is 127 cm³/mol. The lowest BCUT2D eigenvalue weighted by Crippen LogP contribution is -2.41. The summed E-state index contributed by atoms with van der Waals surface area (Å²) < 4.78 is 64.3. The fourth-order valence-corrected chi connectivity index (χ4v) is 3.83. The van der Waals surface area contributed by atoms with Crippen LogP contribution < -0.4 is 15.8 Å². The number of hydrogen-bond acceptors (Lipinski definition) is 7. The van der Waals surface area contributed by atoms with Crippen molar-refractivity contribution in [3.63, 3.8) is 0 Å². The molecular weight excluding hydrogens is 494 g/mol. The average Bonchev–Trinajstić information content (AvgIpc) is 2.88. The zero-order valence-electron chi connectivity index (χ0n) is 19.7.